The largest absolute Gasteiger partial charge is 0.394 e. The number of aliphatic hydroxyl groups is 1. The second kappa shape index (κ2) is 50.0. The summed E-state index contributed by atoms with van der Waals surface area (Å²) in [6, 6.07) is 29.9. The van der Waals surface area contributed by atoms with E-state index in [4.69, 9.17) is 43.0 Å². The van der Waals surface area contributed by atoms with Gasteiger partial charge in [0, 0.05) is 81.5 Å². The molecule has 0 amide bonds. The van der Waals surface area contributed by atoms with Gasteiger partial charge in [-0.3, -0.25) is 0 Å². The van der Waals surface area contributed by atoms with E-state index >= 15 is 0 Å². The van der Waals surface area contributed by atoms with Gasteiger partial charge >= 0.3 is 0 Å². The first-order valence-electron chi connectivity index (χ1n) is 35.6. The Hall–Kier alpha value is -2.46. The summed E-state index contributed by atoms with van der Waals surface area (Å²) in [5.74, 6) is 0. The molecule has 0 aliphatic rings. The van der Waals surface area contributed by atoms with Crippen molar-refractivity contribution in [2.45, 2.75) is 213 Å². The lowest BCUT2D eigenvalue weighted by Gasteiger charge is -2.08. The SMILES string of the molecule is CCCCCCCCCCCCCCCCOCc1ccc(-c2ccc(-c3ccc(-c4cc(CCOCCOCCOCCOCCOCCOCCO)c(-c5ccc(-c6ccc(-c7ccc(COCCCCCCCCCCCCCCCC)s7)s6)s5)s4)s3)s2)s1. The van der Waals surface area contributed by atoms with E-state index in [0.717, 1.165) is 32.5 Å². The normalized spacial score (nSPS) is 11.8. The van der Waals surface area contributed by atoms with Crippen LogP contribution in [0.5, 0.6) is 0 Å². The van der Waals surface area contributed by atoms with Gasteiger partial charge in [-0.25, -0.2) is 0 Å². The fourth-order valence-corrected chi connectivity index (χ4v) is 18.8. The molecule has 0 aliphatic carbocycles. The third-order valence-electron chi connectivity index (χ3n) is 16.4. The summed E-state index contributed by atoms with van der Waals surface area (Å²) in [7, 11) is 0. The van der Waals surface area contributed by atoms with Crippen LogP contribution in [0.4, 0.5) is 0 Å². The highest BCUT2D eigenvalue weighted by Crippen LogP contribution is 2.48. The van der Waals surface area contributed by atoms with Crippen molar-refractivity contribution in [3.8, 4) is 58.5 Å². The van der Waals surface area contributed by atoms with Crippen molar-refractivity contribution in [1.29, 1.82) is 0 Å². The first kappa shape index (κ1) is 76.9. The van der Waals surface area contributed by atoms with Gasteiger partial charge in [-0.2, -0.15) is 0 Å². The molecule has 7 aromatic rings. The smallest absolute Gasteiger partial charge is 0.0809 e. The van der Waals surface area contributed by atoms with E-state index in [1.54, 1.807) is 0 Å². The maximum Gasteiger partial charge on any atom is 0.0809 e. The molecule has 7 heterocycles. The summed E-state index contributed by atoms with van der Waals surface area (Å²) in [6.45, 7) is 13.7. The fraction of sp³-hybridized carbons (Fsp3) is 0.632. The maximum atomic E-state index is 8.77. The molecule has 0 spiro atoms. The second-order valence-corrected chi connectivity index (χ2v) is 31.8. The topological polar surface area (TPSA) is 94.1 Å². The van der Waals surface area contributed by atoms with Gasteiger partial charge in [-0.15, -0.1) is 79.4 Å². The predicted molar refractivity (Wildman–Crippen MR) is 400 cm³/mol. The minimum Gasteiger partial charge on any atom is -0.394 e. The molecular formula is C76H112O9S7. The molecule has 0 unspecified atom stereocenters. The molecule has 16 heteroatoms. The Kier molecular flexibility index (Phi) is 41.8. The van der Waals surface area contributed by atoms with Gasteiger partial charge in [0.15, 0.2) is 0 Å². The molecule has 0 saturated carbocycles. The van der Waals surface area contributed by atoms with Crippen molar-refractivity contribution in [3.63, 3.8) is 0 Å². The Morgan fingerprint density at radius 1 is 0.250 bits per heavy atom. The molecule has 9 nitrogen and oxygen atoms in total. The highest BCUT2D eigenvalue weighted by atomic mass is 32.1. The summed E-state index contributed by atoms with van der Waals surface area (Å²) >= 11 is 13.2. The second-order valence-electron chi connectivity index (χ2n) is 24.1. The van der Waals surface area contributed by atoms with Gasteiger partial charge in [-0.05, 0) is 104 Å². The molecule has 7 aromatic heterocycles. The Morgan fingerprint density at radius 2 is 0.522 bits per heavy atom. The van der Waals surface area contributed by atoms with E-state index in [9.17, 15) is 0 Å². The van der Waals surface area contributed by atoms with E-state index in [1.165, 1.54) is 241 Å². The minimum absolute atomic E-state index is 0.0236. The summed E-state index contributed by atoms with van der Waals surface area (Å²) in [4.78, 5) is 18.3. The van der Waals surface area contributed by atoms with Crippen LogP contribution in [0.2, 0.25) is 0 Å². The summed E-state index contributed by atoms with van der Waals surface area (Å²) < 4.78 is 46.3. The van der Waals surface area contributed by atoms with E-state index in [0.29, 0.717) is 92.5 Å². The molecule has 0 aliphatic heterocycles. The van der Waals surface area contributed by atoms with Crippen LogP contribution in [0.15, 0.2) is 78.9 Å². The lowest BCUT2D eigenvalue weighted by atomic mass is 10.0. The number of aliphatic hydroxyl groups excluding tert-OH is 1. The van der Waals surface area contributed by atoms with Crippen LogP contribution in [0, 0.1) is 0 Å². The van der Waals surface area contributed by atoms with Crippen molar-refractivity contribution < 1.29 is 43.0 Å². The zero-order valence-corrected chi connectivity index (χ0v) is 61.8. The van der Waals surface area contributed by atoms with Gasteiger partial charge in [-0.1, -0.05) is 181 Å². The van der Waals surface area contributed by atoms with E-state index < -0.39 is 0 Å². The lowest BCUT2D eigenvalue weighted by molar-refractivity contribution is -0.0180. The maximum absolute atomic E-state index is 8.77. The van der Waals surface area contributed by atoms with Gasteiger partial charge in [0.05, 0.1) is 99.1 Å². The molecule has 0 bridgehead atoms. The Balaban J connectivity index is 0.849. The van der Waals surface area contributed by atoms with Crippen molar-refractivity contribution >= 4 is 79.4 Å². The number of thiophene rings is 7. The molecule has 7 rings (SSSR count). The molecule has 0 fully saturated rings. The lowest BCUT2D eigenvalue weighted by Crippen LogP contribution is -2.14. The summed E-state index contributed by atoms with van der Waals surface area (Å²) in [5.41, 5.74) is 1.32. The third-order valence-corrected chi connectivity index (χ3v) is 25.2. The number of hydrogen-bond acceptors (Lipinski definition) is 16. The fourth-order valence-electron chi connectivity index (χ4n) is 11.1. The highest BCUT2D eigenvalue weighted by Gasteiger charge is 2.19. The van der Waals surface area contributed by atoms with Crippen LogP contribution in [0.3, 0.4) is 0 Å². The number of hydrogen-bond donors (Lipinski definition) is 1. The molecule has 0 radical (unpaired) electrons. The van der Waals surface area contributed by atoms with Crippen molar-refractivity contribution in [1.82, 2.24) is 0 Å². The molecular weight excluding hydrogens is 1280 g/mol. The van der Waals surface area contributed by atoms with Crippen LogP contribution in [0.1, 0.15) is 209 Å². The average molecular weight is 1390 g/mol. The summed E-state index contributed by atoms with van der Waals surface area (Å²) in [5, 5.41) is 8.77. The number of unbranched alkanes of at least 4 members (excludes halogenated alkanes) is 26. The van der Waals surface area contributed by atoms with E-state index in [2.05, 4.69) is 92.7 Å². The van der Waals surface area contributed by atoms with Crippen LogP contribution in [0.25, 0.3) is 58.5 Å². The van der Waals surface area contributed by atoms with E-state index in [1.807, 2.05) is 79.4 Å². The molecule has 92 heavy (non-hydrogen) atoms. The average Bonchev–Trinajstić information content (AvgIpc) is 1.66. The van der Waals surface area contributed by atoms with Gasteiger partial charge in [0.2, 0.25) is 0 Å². The Morgan fingerprint density at radius 3 is 0.870 bits per heavy atom. The van der Waals surface area contributed by atoms with Crippen molar-refractivity contribution in [2.24, 2.45) is 0 Å². The molecule has 0 atom stereocenters. The summed E-state index contributed by atoms with van der Waals surface area (Å²) in [6.07, 6.45) is 39.3. The van der Waals surface area contributed by atoms with Crippen molar-refractivity contribution in [3.05, 3.63) is 94.2 Å². The Labute approximate surface area is 582 Å². The van der Waals surface area contributed by atoms with Crippen molar-refractivity contribution in [2.75, 3.05) is 99.1 Å². The molecule has 0 saturated heterocycles. The Bertz CT molecular complexity index is 2870. The van der Waals surface area contributed by atoms with Gasteiger partial charge in [0.1, 0.15) is 0 Å². The van der Waals surface area contributed by atoms with E-state index in [-0.39, 0.29) is 6.61 Å². The van der Waals surface area contributed by atoms with Crippen LogP contribution in [-0.2, 0) is 57.5 Å². The number of rotatable bonds is 60. The quantitative estimate of drug-likeness (QED) is 0.0374. The highest BCUT2D eigenvalue weighted by molar-refractivity contribution is 7.31. The zero-order valence-electron chi connectivity index (χ0n) is 56.1. The monoisotopic (exact) mass is 1390 g/mol. The van der Waals surface area contributed by atoms with Gasteiger partial charge < -0.3 is 43.0 Å². The molecule has 0 aromatic carbocycles. The third kappa shape index (κ3) is 31.4. The van der Waals surface area contributed by atoms with Gasteiger partial charge in [0.25, 0.3) is 0 Å². The van der Waals surface area contributed by atoms with Crippen LogP contribution < -0.4 is 0 Å². The van der Waals surface area contributed by atoms with Crippen LogP contribution in [-0.4, -0.2) is 104 Å². The first-order chi connectivity index (χ1) is 45.6. The zero-order chi connectivity index (χ0) is 64.0. The van der Waals surface area contributed by atoms with Crippen LogP contribution >= 0.6 is 79.4 Å². The number of ether oxygens (including phenoxy) is 8. The standard InChI is InChI=1S/C76H112O9S7/c1-3-5-7-9-11-13-15-17-19-21-23-25-27-29-45-84-60-63-31-33-65(86-63)67-35-37-69(88-67)70-39-40-73(90-70)75-59-62(43-47-78-49-51-80-53-55-82-57-58-83-56-54-81-52-50-79-48-44-77)76(92-75)74-42-41-72(91-74)71-38-36-68(89-71)66-34-32-64(87-66)61-85-46-30-28-26-24-22-20-18-16-14-12-10-8-6-4-2/h31-42,59,77H,3-30,43-58,60-61H2,1-2H3. The molecule has 512 valence electrons. The molecule has 1 N–H and O–H groups in total. The predicted octanol–water partition coefficient (Wildman–Crippen LogP) is 23.7. The minimum atomic E-state index is 0.0236. The first-order valence-corrected chi connectivity index (χ1v) is 41.3.